The average Bonchev–Trinajstić information content (AvgIpc) is 3.62. The van der Waals surface area contributed by atoms with E-state index in [2.05, 4.69) is 20.2 Å². The number of rotatable bonds is 7. The van der Waals surface area contributed by atoms with Crippen molar-refractivity contribution in [2.75, 3.05) is 5.32 Å². The van der Waals surface area contributed by atoms with E-state index in [9.17, 15) is 22.8 Å². The summed E-state index contributed by atoms with van der Waals surface area (Å²) in [6.07, 6.45) is -2.83. The number of aromatic nitrogens is 3. The van der Waals surface area contributed by atoms with Crippen LogP contribution in [0.1, 0.15) is 32.0 Å². The van der Waals surface area contributed by atoms with Crippen molar-refractivity contribution in [1.82, 2.24) is 19.5 Å². The molecule has 0 aliphatic heterocycles. The molecule has 5 rings (SSSR count). The highest BCUT2D eigenvalue weighted by Gasteiger charge is 2.30. The molecule has 202 valence electrons. The van der Waals surface area contributed by atoms with Crippen LogP contribution in [0.25, 0.3) is 22.4 Å². The molecule has 0 saturated heterocycles. The Morgan fingerprint density at radius 3 is 2.30 bits per heavy atom. The van der Waals surface area contributed by atoms with Crippen molar-refractivity contribution in [3.8, 4) is 22.4 Å². The summed E-state index contributed by atoms with van der Waals surface area (Å²) in [7, 11) is 1.69. The maximum atomic E-state index is 13.1. The highest BCUT2D eigenvalue weighted by atomic mass is 32.1. The van der Waals surface area contributed by atoms with Crippen LogP contribution in [0.2, 0.25) is 0 Å². The summed E-state index contributed by atoms with van der Waals surface area (Å²) < 4.78 is 44.3. The summed E-state index contributed by atoms with van der Waals surface area (Å²) in [5.74, 6) is -0.774. The largest absolute Gasteiger partial charge is 0.416 e. The monoisotopic (exact) mass is 561 g/mol. The van der Waals surface area contributed by atoms with Crippen LogP contribution in [0, 0.1) is 0 Å². The zero-order valence-electron chi connectivity index (χ0n) is 21.1. The molecular formula is C29H22F3N5O2S. The molecule has 7 nitrogen and oxygen atoms in total. The van der Waals surface area contributed by atoms with Gasteiger partial charge in [0.25, 0.3) is 11.8 Å². The van der Waals surface area contributed by atoms with Crippen LogP contribution in [-0.4, -0.2) is 26.0 Å². The molecule has 3 aromatic carbocycles. The minimum Gasteiger partial charge on any atom is -0.347 e. The SMILES string of the molecule is Cn1cc(NC(=O)c2ccccc2-c2ccc(C(F)(F)F)cc2)cc1C(=O)NCc1ccc(-c2csnn2)cc1. The standard InChI is InChI=1S/C29H22F3N5O2S/c1-37-16-22(14-26(37)28(39)33-15-18-6-8-20(9-7-18)25-17-40-36-35-25)34-27(38)24-5-3-2-4-23(24)19-10-12-21(13-11-19)29(30,31)32/h2-14,16-17H,15H2,1H3,(H,33,39)(H,34,38). The number of halogens is 3. The molecule has 0 radical (unpaired) electrons. The van der Waals surface area contributed by atoms with Crippen molar-refractivity contribution in [2.24, 2.45) is 7.05 Å². The summed E-state index contributed by atoms with van der Waals surface area (Å²) in [4.78, 5) is 26.0. The summed E-state index contributed by atoms with van der Waals surface area (Å²) >= 11 is 1.28. The number of benzene rings is 3. The molecular weight excluding hydrogens is 539 g/mol. The van der Waals surface area contributed by atoms with Gasteiger partial charge in [-0.3, -0.25) is 9.59 Å². The van der Waals surface area contributed by atoms with E-state index in [0.717, 1.165) is 29.0 Å². The first-order valence-electron chi connectivity index (χ1n) is 12.1. The Labute approximate surface area is 231 Å². The fourth-order valence-electron chi connectivity index (χ4n) is 4.19. The van der Waals surface area contributed by atoms with Gasteiger partial charge in [0, 0.05) is 36.3 Å². The van der Waals surface area contributed by atoms with E-state index < -0.39 is 17.6 Å². The smallest absolute Gasteiger partial charge is 0.347 e. The highest BCUT2D eigenvalue weighted by molar-refractivity contribution is 7.03. The zero-order valence-corrected chi connectivity index (χ0v) is 21.9. The van der Waals surface area contributed by atoms with Crippen LogP contribution >= 0.6 is 11.5 Å². The lowest BCUT2D eigenvalue weighted by Crippen LogP contribution is -2.24. The van der Waals surface area contributed by atoms with Crippen LogP contribution in [0.5, 0.6) is 0 Å². The van der Waals surface area contributed by atoms with Crippen molar-refractivity contribution >= 4 is 29.0 Å². The molecule has 2 heterocycles. The Hall–Kier alpha value is -4.77. The normalized spacial score (nSPS) is 11.3. The van der Waals surface area contributed by atoms with Gasteiger partial charge >= 0.3 is 6.18 Å². The lowest BCUT2D eigenvalue weighted by Gasteiger charge is -2.11. The molecule has 2 N–H and O–H groups in total. The molecule has 0 unspecified atom stereocenters. The average molecular weight is 562 g/mol. The molecule has 0 fully saturated rings. The van der Waals surface area contributed by atoms with Crippen molar-refractivity contribution in [2.45, 2.75) is 12.7 Å². The van der Waals surface area contributed by atoms with Gasteiger partial charge in [-0.25, -0.2) is 0 Å². The van der Waals surface area contributed by atoms with Crippen molar-refractivity contribution in [3.63, 3.8) is 0 Å². The summed E-state index contributed by atoms with van der Waals surface area (Å²) in [6.45, 7) is 0.307. The number of carbonyl (C=O) groups excluding carboxylic acids is 2. The van der Waals surface area contributed by atoms with Gasteiger partial charge in [-0.2, -0.15) is 13.2 Å². The first-order chi connectivity index (χ1) is 19.2. The molecule has 0 spiro atoms. The summed E-state index contributed by atoms with van der Waals surface area (Å²) in [6, 6.07) is 20.5. The lowest BCUT2D eigenvalue weighted by atomic mass is 9.98. The second kappa shape index (κ2) is 11.1. The van der Waals surface area contributed by atoms with Crippen LogP contribution in [0.4, 0.5) is 18.9 Å². The van der Waals surface area contributed by atoms with Crippen LogP contribution < -0.4 is 10.6 Å². The minimum absolute atomic E-state index is 0.286. The number of hydrogen-bond donors (Lipinski definition) is 2. The minimum atomic E-state index is -4.45. The number of anilines is 1. The Balaban J connectivity index is 1.25. The Morgan fingerprint density at radius 1 is 0.925 bits per heavy atom. The second-order valence-corrected chi connectivity index (χ2v) is 9.58. The number of aryl methyl sites for hydroxylation is 1. The van der Waals surface area contributed by atoms with Gasteiger partial charge in [0.2, 0.25) is 0 Å². The molecule has 0 saturated carbocycles. The summed E-state index contributed by atoms with van der Waals surface area (Å²) in [5.41, 5.74) is 3.86. The molecule has 5 aromatic rings. The number of hydrogen-bond acceptors (Lipinski definition) is 5. The number of alkyl halides is 3. The van der Waals surface area contributed by atoms with Crippen LogP contribution in [0.3, 0.4) is 0 Å². The lowest BCUT2D eigenvalue weighted by molar-refractivity contribution is -0.137. The van der Waals surface area contributed by atoms with Crippen LogP contribution in [0.15, 0.2) is 90.4 Å². The Morgan fingerprint density at radius 2 is 1.62 bits per heavy atom. The fraction of sp³-hybridized carbons (Fsp3) is 0.103. The predicted molar refractivity (Wildman–Crippen MR) is 147 cm³/mol. The van der Waals surface area contributed by atoms with E-state index >= 15 is 0 Å². The zero-order chi connectivity index (χ0) is 28.3. The summed E-state index contributed by atoms with van der Waals surface area (Å²) in [5, 5.41) is 11.6. The molecule has 40 heavy (non-hydrogen) atoms. The maximum Gasteiger partial charge on any atom is 0.416 e. The molecule has 11 heteroatoms. The number of nitrogens with one attached hydrogen (secondary N) is 2. The van der Waals surface area contributed by atoms with Crippen LogP contribution in [-0.2, 0) is 19.8 Å². The number of carbonyl (C=O) groups is 2. The first-order valence-corrected chi connectivity index (χ1v) is 12.9. The van der Waals surface area contributed by atoms with Gasteiger partial charge in [-0.05, 0) is 52.5 Å². The third kappa shape index (κ3) is 5.94. The van der Waals surface area contributed by atoms with Crippen molar-refractivity contribution < 1.29 is 22.8 Å². The number of nitrogens with zero attached hydrogens (tertiary/aromatic N) is 3. The van der Waals surface area contributed by atoms with E-state index in [1.807, 2.05) is 29.6 Å². The van der Waals surface area contributed by atoms with Crippen molar-refractivity contribution in [3.05, 3.63) is 113 Å². The fourth-order valence-corrected chi connectivity index (χ4v) is 4.65. The molecule has 2 aromatic heterocycles. The van der Waals surface area contributed by atoms with Gasteiger partial charge in [0.15, 0.2) is 0 Å². The predicted octanol–water partition coefficient (Wildman–Crippen LogP) is 6.41. The second-order valence-electron chi connectivity index (χ2n) is 8.97. The topological polar surface area (TPSA) is 88.9 Å². The Bertz CT molecular complexity index is 1640. The molecule has 0 atom stereocenters. The van der Waals surface area contributed by atoms with Gasteiger partial charge in [-0.1, -0.05) is 59.1 Å². The van der Waals surface area contributed by atoms with E-state index in [4.69, 9.17) is 0 Å². The molecule has 2 amide bonds. The van der Waals surface area contributed by atoms with E-state index in [-0.39, 0.29) is 11.5 Å². The molecule has 0 aliphatic carbocycles. The van der Waals surface area contributed by atoms with Gasteiger partial charge < -0.3 is 15.2 Å². The third-order valence-corrected chi connectivity index (χ3v) is 6.76. The number of amides is 2. The van der Waals surface area contributed by atoms with Gasteiger partial charge in [0.05, 0.1) is 11.3 Å². The van der Waals surface area contributed by atoms with E-state index in [1.54, 1.807) is 48.1 Å². The first kappa shape index (κ1) is 26.8. The van der Waals surface area contributed by atoms with E-state index in [1.165, 1.54) is 23.7 Å². The highest BCUT2D eigenvalue weighted by Crippen LogP contribution is 2.32. The van der Waals surface area contributed by atoms with Crippen molar-refractivity contribution in [1.29, 1.82) is 0 Å². The Kier molecular flexibility index (Phi) is 7.47. The van der Waals surface area contributed by atoms with Gasteiger partial charge in [-0.15, -0.1) is 5.10 Å². The quantitative estimate of drug-likeness (QED) is 0.240. The molecule has 0 bridgehead atoms. The third-order valence-electron chi connectivity index (χ3n) is 6.25. The molecule has 0 aliphatic rings. The maximum absolute atomic E-state index is 13.1. The van der Waals surface area contributed by atoms with E-state index in [0.29, 0.717) is 29.1 Å². The van der Waals surface area contributed by atoms with Gasteiger partial charge in [0.1, 0.15) is 11.4 Å².